The van der Waals surface area contributed by atoms with Crippen molar-refractivity contribution in [2.75, 3.05) is 26.2 Å². The molecular formula is C11H12N2O4. The Balaban J connectivity index is 3.14. The van der Waals surface area contributed by atoms with Gasteiger partial charge in [0.05, 0.1) is 27.0 Å². The van der Waals surface area contributed by atoms with E-state index in [2.05, 4.69) is 4.74 Å². The van der Waals surface area contributed by atoms with Crippen molar-refractivity contribution in [2.24, 2.45) is 0 Å². The van der Waals surface area contributed by atoms with Gasteiger partial charge in [-0.2, -0.15) is 10.2 Å². The molecule has 0 saturated heterocycles. The van der Waals surface area contributed by atoms with E-state index < -0.39 is 6.09 Å². The zero-order chi connectivity index (χ0) is 12.8. The van der Waals surface area contributed by atoms with Crippen molar-refractivity contribution in [1.29, 1.82) is 5.26 Å². The van der Waals surface area contributed by atoms with Crippen molar-refractivity contribution in [3.63, 3.8) is 0 Å². The van der Waals surface area contributed by atoms with Crippen LogP contribution in [0.4, 0.5) is 10.5 Å². The second kappa shape index (κ2) is 5.61. The summed E-state index contributed by atoms with van der Waals surface area (Å²) in [6.07, 6.45) is 0.956. The van der Waals surface area contributed by atoms with Crippen LogP contribution in [0.15, 0.2) is 18.2 Å². The number of benzene rings is 1. The third-order valence-electron chi connectivity index (χ3n) is 2.08. The first-order valence-electron chi connectivity index (χ1n) is 4.67. The highest BCUT2D eigenvalue weighted by atomic mass is 16.5. The molecule has 0 aliphatic rings. The number of anilines is 1. The molecular weight excluding hydrogens is 224 g/mol. The fraction of sp³-hybridized carbons (Fsp3) is 0.273. The Hall–Kier alpha value is -2.42. The van der Waals surface area contributed by atoms with Gasteiger partial charge in [-0.1, -0.05) is 0 Å². The average molecular weight is 236 g/mol. The highest BCUT2D eigenvalue weighted by Gasteiger charge is 2.17. The molecule has 1 amide bonds. The first-order chi connectivity index (χ1) is 8.17. The van der Waals surface area contributed by atoms with Gasteiger partial charge in [0.25, 0.3) is 0 Å². The average Bonchev–Trinajstić information content (AvgIpc) is 2.38. The summed E-state index contributed by atoms with van der Waals surface area (Å²) >= 11 is 0. The minimum atomic E-state index is -0.764. The predicted molar refractivity (Wildman–Crippen MR) is 60.0 cm³/mol. The minimum absolute atomic E-state index is 0.344. The molecule has 0 aromatic heterocycles. The van der Waals surface area contributed by atoms with E-state index in [4.69, 9.17) is 14.7 Å². The highest BCUT2D eigenvalue weighted by molar-refractivity contribution is 5.90. The van der Waals surface area contributed by atoms with E-state index >= 15 is 0 Å². The lowest BCUT2D eigenvalue weighted by Crippen LogP contribution is -2.25. The quantitative estimate of drug-likeness (QED) is 0.590. The van der Waals surface area contributed by atoms with Crippen LogP contribution in [0.3, 0.4) is 0 Å². The van der Waals surface area contributed by atoms with Crippen molar-refractivity contribution in [3.05, 3.63) is 18.2 Å². The predicted octanol–water partition coefficient (Wildman–Crippen LogP) is 1.76. The van der Waals surface area contributed by atoms with Gasteiger partial charge in [0.2, 0.25) is 0 Å². The van der Waals surface area contributed by atoms with Crippen LogP contribution in [-0.2, 0) is 4.74 Å². The molecule has 0 spiro atoms. The van der Waals surface area contributed by atoms with Gasteiger partial charge in [-0.25, -0.2) is 4.79 Å². The number of carbonyl (C=O) groups excluding carboxylic acids is 1. The molecule has 0 aliphatic carbocycles. The summed E-state index contributed by atoms with van der Waals surface area (Å²) in [6, 6.07) is 4.67. The van der Waals surface area contributed by atoms with Gasteiger partial charge in [-0.05, 0) is 12.1 Å². The molecule has 1 aromatic rings. The van der Waals surface area contributed by atoms with Crippen molar-refractivity contribution in [1.82, 2.24) is 0 Å². The van der Waals surface area contributed by atoms with Gasteiger partial charge >= 0.3 is 6.09 Å². The number of nitriles is 1. The molecule has 0 fully saturated rings. The third kappa shape index (κ3) is 2.58. The maximum Gasteiger partial charge on any atom is 0.427 e. The Kier molecular flexibility index (Phi) is 4.17. The Bertz CT molecular complexity index is 453. The first kappa shape index (κ1) is 12.6. The summed E-state index contributed by atoms with van der Waals surface area (Å²) < 4.78 is 14.6. The second-order valence-corrected chi connectivity index (χ2v) is 2.94. The van der Waals surface area contributed by atoms with Gasteiger partial charge in [-0.15, -0.1) is 0 Å². The summed E-state index contributed by atoms with van der Waals surface area (Å²) in [7, 11) is 4.17. The largest absolute Gasteiger partial charge is 0.493 e. The van der Waals surface area contributed by atoms with E-state index in [1.807, 2.05) is 0 Å². The molecule has 1 rings (SSSR count). The topological polar surface area (TPSA) is 71.8 Å². The molecule has 0 unspecified atom stereocenters. The van der Waals surface area contributed by atoms with Gasteiger partial charge in [0.1, 0.15) is 0 Å². The van der Waals surface area contributed by atoms with Gasteiger partial charge in [-0.3, -0.25) is 0 Å². The Morgan fingerprint density at radius 2 is 1.88 bits per heavy atom. The fourth-order valence-corrected chi connectivity index (χ4v) is 1.26. The number of ether oxygens (including phenoxy) is 3. The van der Waals surface area contributed by atoms with Crippen LogP contribution in [-0.4, -0.2) is 27.4 Å². The molecule has 6 nitrogen and oxygen atoms in total. The molecule has 6 heteroatoms. The standard InChI is InChI=1S/C11H12N2O4/c1-15-9-5-4-8(6-10(9)16-2)13(7-12)11(14)17-3/h4-6H,1-3H3. The normalized spacial score (nSPS) is 9.06. The summed E-state index contributed by atoms with van der Waals surface area (Å²) in [4.78, 5) is 12.1. The van der Waals surface area contributed by atoms with Gasteiger partial charge < -0.3 is 14.2 Å². The van der Waals surface area contributed by atoms with Gasteiger partial charge in [0, 0.05) is 6.07 Å². The van der Waals surface area contributed by atoms with Crippen LogP contribution >= 0.6 is 0 Å². The van der Waals surface area contributed by atoms with E-state index in [0.29, 0.717) is 17.2 Å². The molecule has 90 valence electrons. The van der Waals surface area contributed by atoms with Gasteiger partial charge in [0.15, 0.2) is 17.7 Å². The Labute approximate surface area is 98.9 Å². The number of hydrogen-bond acceptors (Lipinski definition) is 5. The van der Waals surface area contributed by atoms with E-state index in [1.54, 1.807) is 18.3 Å². The van der Waals surface area contributed by atoms with Crippen LogP contribution in [0.1, 0.15) is 0 Å². The highest BCUT2D eigenvalue weighted by Crippen LogP contribution is 2.31. The summed E-state index contributed by atoms with van der Waals surface area (Å²) in [5, 5.41) is 8.87. The Morgan fingerprint density at radius 1 is 1.24 bits per heavy atom. The number of nitrogens with zero attached hydrogens (tertiary/aromatic N) is 2. The van der Waals surface area contributed by atoms with Crippen LogP contribution in [0, 0.1) is 11.5 Å². The maximum absolute atomic E-state index is 11.3. The van der Waals surface area contributed by atoms with E-state index in [0.717, 1.165) is 4.90 Å². The molecule has 0 bridgehead atoms. The van der Waals surface area contributed by atoms with Crippen LogP contribution in [0.2, 0.25) is 0 Å². The number of amides is 1. The molecule has 0 heterocycles. The van der Waals surface area contributed by atoms with E-state index in [9.17, 15) is 4.79 Å². The van der Waals surface area contributed by atoms with Crippen molar-refractivity contribution >= 4 is 11.8 Å². The lowest BCUT2D eigenvalue weighted by molar-refractivity contribution is 0.181. The van der Waals surface area contributed by atoms with Crippen LogP contribution in [0.5, 0.6) is 11.5 Å². The minimum Gasteiger partial charge on any atom is -0.493 e. The van der Waals surface area contributed by atoms with Crippen molar-refractivity contribution < 1.29 is 19.0 Å². The SMILES string of the molecule is COC(=O)N(C#N)c1ccc(OC)c(OC)c1. The van der Waals surface area contributed by atoms with E-state index in [-0.39, 0.29) is 0 Å². The second-order valence-electron chi connectivity index (χ2n) is 2.94. The third-order valence-corrected chi connectivity index (χ3v) is 2.08. The number of methoxy groups -OCH3 is 3. The first-order valence-corrected chi connectivity index (χ1v) is 4.67. The zero-order valence-corrected chi connectivity index (χ0v) is 9.76. The fourth-order valence-electron chi connectivity index (χ4n) is 1.26. The zero-order valence-electron chi connectivity index (χ0n) is 9.76. The maximum atomic E-state index is 11.3. The van der Waals surface area contributed by atoms with E-state index in [1.165, 1.54) is 27.4 Å². The van der Waals surface area contributed by atoms with Crippen LogP contribution < -0.4 is 14.4 Å². The number of carbonyl (C=O) groups is 1. The molecule has 1 aromatic carbocycles. The monoisotopic (exact) mass is 236 g/mol. The lowest BCUT2D eigenvalue weighted by Gasteiger charge is -2.14. The molecule has 0 aliphatic heterocycles. The van der Waals surface area contributed by atoms with Crippen LogP contribution in [0.25, 0.3) is 0 Å². The lowest BCUT2D eigenvalue weighted by atomic mass is 10.2. The number of rotatable bonds is 3. The molecule has 0 saturated carbocycles. The summed E-state index contributed by atoms with van der Waals surface area (Å²) in [5.74, 6) is 0.938. The molecule has 0 radical (unpaired) electrons. The Morgan fingerprint density at radius 3 is 2.35 bits per heavy atom. The smallest absolute Gasteiger partial charge is 0.427 e. The molecule has 0 atom stereocenters. The summed E-state index contributed by atoms with van der Waals surface area (Å²) in [6.45, 7) is 0. The van der Waals surface area contributed by atoms with Crippen molar-refractivity contribution in [2.45, 2.75) is 0 Å². The molecule has 0 N–H and O–H groups in total. The number of hydrogen-bond donors (Lipinski definition) is 0. The molecule has 17 heavy (non-hydrogen) atoms. The summed E-state index contributed by atoms with van der Waals surface area (Å²) in [5.41, 5.74) is 0.344. The van der Waals surface area contributed by atoms with Crippen molar-refractivity contribution in [3.8, 4) is 17.7 Å².